The molecule has 7 nitrogen and oxygen atoms in total. The van der Waals surface area contributed by atoms with E-state index in [2.05, 4.69) is 5.32 Å². The quantitative estimate of drug-likeness (QED) is 0.832. The van der Waals surface area contributed by atoms with Crippen LogP contribution in [-0.4, -0.2) is 42.6 Å². The summed E-state index contributed by atoms with van der Waals surface area (Å²) in [5, 5.41) is 11.2. The molecular weight excluding hydrogens is 288 g/mol. The molecule has 7 heteroatoms. The molecule has 1 heterocycles. The van der Waals surface area contributed by atoms with Crippen LogP contribution in [-0.2, 0) is 14.4 Å². The SMILES string of the molecule is COc1ccccc1N1CC(C(=O)N[C@H](C)C(=O)O)CC1=O. The molecule has 1 aromatic rings. The lowest BCUT2D eigenvalue weighted by Gasteiger charge is -2.19. The van der Waals surface area contributed by atoms with Gasteiger partial charge in [0.25, 0.3) is 0 Å². The normalized spacial score (nSPS) is 18.9. The predicted octanol–water partition coefficient (Wildman–Crippen LogP) is 0.637. The van der Waals surface area contributed by atoms with Gasteiger partial charge in [-0.25, -0.2) is 0 Å². The number of anilines is 1. The highest BCUT2D eigenvalue weighted by molar-refractivity contribution is 6.01. The molecular formula is C15H18N2O5. The van der Waals surface area contributed by atoms with Crippen molar-refractivity contribution in [1.82, 2.24) is 5.32 Å². The Kier molecular flexibility index (Phi) is 4.65. The molecule has 2 amide bonds. The maximum absolute atomic E-state index is 12.2. The second-order valence-electron chi connectivity index (χ2n) is 5.15. The summed E-state index contributed by atoms with van der Waals surface area (Å²) in [4.78, 5) is 36.5. The van der Waals surface area contributed by atoms with Crippen molar-refractivity contribution < 1.29 is 24.2 Å². The molecule has 2 N–H and O–H groups in total. The van der Waals surface area contributed by atoms with Crippen molar-refractivity contribution in [2.45, 2.75) is 19.4 Å². The number of nitrogens with one attached hydrogen (secondary N) is 1. The Morgan fingerprint density at radius 2 is 2.09 bits per heavy atom. The number of benzene rings is 1. The summed E-state index contributed by atoms with van der Waals surface area (Å²) < 4.78 is 5.23. The molecule has 0 spiro atoms. The van der Waals surface area contributed by atoms with Crippen LogP contribution in [0.2, 0.25) is 0 Å². The molecule has 0 aromatic heterocycles. The van der Waals surface area contributed by atoms with Gasteiger partial charge in [0.05, 0.1) is 18.7 Å². The largest absolute Gasteiger partial charge is 0.495 e. The van der Waals surface area contributed by atoms with Crippen molar-refractivity contribution in [2.75, 3.05) is 18.6 Å². The molecule has 2 atom stereocenters. The van der Waals surface area contributed by atoms with Gasteiger partial charge in [-0.3, -0.25) is 14.4 Å². The number of hydrogen-bond acceptors (Lipinski definition) is 4. The Morgan fingerprint density at radius 3 is 2.73 bits per heavy atom. The second kappa shape index (κ2) is 6.46. The third-order valence-electron chi connectivity index (χ3n) is 3.60. The number of carboxylic acids is 1. The molecule has 0 aliphatic carbocycles. The van der Waals surface area contributed by atoms with Gasteiger partial charge in [-0.1, -0.05) is 12.1 Å². The topological polar surface area (TPSA) is 95.9 Å². The number of ether oxygens (including phenoxy) is 1. The Bertz CT molecular complexity index is 601. The number of hydrogen-bond donors (Lipinski definition) is 2. The molecule has 1 fully saturated rings. The van der Waals surface area contributed by atoms with Gasteiger partial charge in [0, 0.05) is 13.0 Å². The lowest BCUT2D eigenvalue weighted by molar-refractivity contribution is -0.141. The molecule has 1 unspecified atom stereocenters. The Labute approximate surface area is 127 Å². The summed E-state index contributed by atoms with van der Waals surface area (Å²) in [5.41, 5.74) is 0.608. The average Bonchev–Trinajstić information content (AvgIpc) is 2.88. The second-order valence-corrected chi connectivity index (χ2v) is 5.15. The molecule has 2 rings (SSSR count). The monoisotopic (exact) mass is 306 g/mol. The summed E-state index contributed by atoms with van der Waals surface area (Å²) in [6.45, 7) is 1.59. The van der Waals surface area contributed by atoms with Crippen molar-refractivity contribution >= 4 is 23.5 Å². The highest BCUT2D eigenvalue weighted by atomic mass is 16.5. The number of carbonyl (C=O) groups excluding carboxylic acids is 2. The molecule has 0 radical (unpaired) electrons. The van der Waals surface area contributed by atoms with Gasteiger partial charge in [-0.05, 0) is 19.1 Å². The molecule has 0 bridgehead atoms. The van der Waals surface area contributed by atoms with Crippen LogP contribution in [0.15, 0.2) is 24.3 Å². The van der Waals surface area contributed by atoms with Gasteiger partial charge < -0.3 is 20.1 Å². The van der Waals surface area contributed by atoms with E-state index in [0.717, 1.165) is 0 Å². The number of nitrogens with zero attached hydrogens (tertiary/aromatic N) is 1. The van der Waals surface area contributed by atoms with Crippen LogP contribution in [0.4, 0.5) is 5.69 Å². The molecule has 22 heavy (non-hydrogen) atoms. The highest BCUT2D eigenvalue weighted by Gasteiger charge is 2.36. The standard InChI is InChI=1S/C15H18N2O5/c1-9(15(20)21)16-14(19)10-7-13(18)17(8-10)11-5-3-4-6-12(11)22-2/h3-6,9-10H,7-8H2,1-2H3,(H,16,19)(H,20,21)/t9-,10?/m1/s1. The van der Waals surface area contributed by atoms with Crippen molar-refractivity contribution in [1.29, 1.82) is 0 Å². The molecule has 1 aliphatic rings. The zero-order chi connectivity index (χ0) is 16.3. The van der Waals surface area contributed by atoms with E-state index in [1.54, 1.807) is 24.3 Å². The number of para-hydroxylation sites is 2. The summed E-state index contributed by atoms with van der Waals surface area (Å²) in [6, 6.07) is 6.08. The van der Waals surface area contributed by atoms with E-state index in [-0.39, 0.29) is 18.9 Å². The average molecular weight is 306 g/mol. The fraction of sp³-hybridized carbons (Fsp3) is 0.400. The Hall–Kier alpha value is -2.57. The first kappa shape index (κ1) is 15.8. The van der Waals surface area contributed by atoms with E-state index in [1.807, 2.05) is 0 Å². The summed E-state index contributed by atoms with van der Waals surface area (Å²) in [7, 11) is 1.51. The zero-order valence-corrected chi connectivity index (χ0v) is 12.4. The molecule has 1 aliphatic heterocycles. The number of carbonyl (C=O) groups is 3. The van der Waals surface area contributed by atoms with E-state index in [9.17, 15) is 14.4 Å². The highest BCUT2D eigenvalue weighted by Crippen LogP contribution is 2.32. The number of aliphatic carboxylic acids is 1. The molecule has 0 saturated carbocycles. The third kappa shape index (κ3) is 3.19. The van der Waals surface area contributed by atoms with Crippen LogP contribution in [0.3, 0.4) is 0 Å². The molecule has 118 valence electrons. The van der Waals surface area contributed by atoms with Crippen molar-refractivity contribution in [3.8, 4) is 5.75 Å². The summed E-state index contributed by atoms with van der Waals surface area (Å²) >= 11 is 0. The van der Waals surface area contributed by atoms with Gasteiger partial charge in [0.2, 0.25) is 11.8 Å². The predicted molar refractivity (Wildman–Crippen MR) is 78.7 cm³/mol. The third-order valence-corrected chi connectivity index (χ3v) is 3.60. The van der Waals surface area contributed by atoms with Gasteiger partial charge >= 0.3 is 5.97 Å². The van der Waals surface area contributed by atoms with Crippen molar-refractivity contribution in [3.05, 3.63) is 24.3 Å². The maximum Gasteiger partial charge on any atom is 0.325 e. The van der Waals surface area contributed by atoms with E-state index in [0.29, 0.717) is 11.4 Å². The van der Waals surface area contributed by atoms with E-state index < -0.39 is 23.8 Å². The van der Waals surface area contributed by atoms with Crippen LogP contribution in [0.5, 0.6) is 5.75 Å². The lowest BCUT2D eigenvalue weighted by atomic mass is 10.1. The van der Waals surface area contributed by atoms with E-state index in [1.165, 1.54) is 18.9 Å². The number of amides is 2. The first-order valence-electron chi connectivity index (χ1n) is 6.90. The first-order valence-corrected chi connectivity index (χ1v) is 6.90. The molecule has 1 aromatic carbocycles. The van der Waals surface area contributed by atoms with Crippen LogP contribution in [0.1, 0.15) is 13.3 Å². The van der Waals surface area contributed by atoms with E-state index in [4.69, 9.17) is 9.84 Å². The van der Waals surface area contributed by atoms with Crippen LogP contribution < -0.4 is 15.0 Å². The summed E-state index contributed by atoms with van der Waals surface area (Å²) in [5.74, 6) is -1.75. The Morgan fingerprint density at radius 1 is 1.41 bits per heavy atom. The maximum atomic E-state index is 12.2. The van der Waals surface area contributed by atoms with Crippen LogP contribution >= 0.6 is 0 Å². The van der Waals surface area contributed by atoms with Gasteiger partial charge in [-0.2, -0.15) is 0 Å². The smallest absolute Gasteiger partial charge is 0.325 e. The first-order chi connectivity index (χ1) is 10.4. The zero-order valence-electron chi connectivity index (χ0n) is 12.4. The van der Waals surface area contributed by atoms with Crippen molar-refractivity contribution in [2.24, 2.45) is 5.92 Å². The number of rotatable bonds is 5. The van der Waals surface area contributed by atoms with Crippen molar-refractivity contribution in [3.63, 3.8) is 0 Å². The van der Waals surface area contributed by atoms with Gasteiger partial charge in [-0.15, -0.1) is 0 Å². The fourth-order valence-corrected chi connectivity index (χ4v) is 2.36. The van der Waals surface area contributed by atoms with Gasteiger partial charge in [0.1, 0.15) is 11.8 Å². The number of carboxylic acid groups (broad SMARTS) is 1. The Balaban J connectivity index is 2.11. The minimum absolute atomic E-state index is 0.0518. The van der Waals surface area contributed by atoms with Crippen LogP contribution in [0.25, 0.3) is 0 Å². The lowest BCUT2D eigenvalue weighted by Crippen LogP contribution is -2.42. The number of methoxy groups -OCH3 is 1. The minimum atomic E-state index is -1.11. The van der Waals surface area contributed by atoms with E-state index >= 15 is 0 Å². The van der Waals surface area contributed by atoms with Gasteiger partial charge in [0.15, 0.2) is 0 Å². The fourth-order valence-electron chi connectivity index (χ4n) is 2.36. The van der Waals surface area contributed by atoms with Crippen LogP contribution in [0, 0.1) is 5.92 Å². The summed E-state index contributed by atoms with van der Waals surface area (Å²) in [6.07, 6.45) is 0.0518. The molecule has 1 saturated heterocycles. The minimum Gasteiger partial charge on any atom is -0.495 e.